The first-order valence-corrected chi connectivity index (χ1v) is 5.76. The van der Waals surface area contributed by atoms with E-state index in [0.29, 0.717) is 5.76 Å². The third-order valence-electron chi connectivity index (χ3n) is 2.48. The van der Waals surface area contributed by atoms with E-state index in [1.54, 1.807) is 12.1 Å². The van der Waals surface area contributed by atoms with E-state index in [1.165, 1.54) is 25.7 Å². The van der Waals surface area contributed by atoms with Crippen molar-refractivity contribution in [1.82, 2.24) is 10.5 Å². The van der Waals surface area contributed by atoms with Gasteiger partial charge in [-0.15, -0.1) is 0 Å². The highest BCUT2D eigenvalue weighted by molar-refractivity contribution is 6.39. The van der Waals surface area contributed by atoms with Gasteiger partial charge in [-0.05, 0) is 12.1 Å². The summed E-state index contributed by atoms with van der Waals surface area (Å²) in [4.78, 5) is 23.1. The third kappa shape index (κ3) is 3.45. The van der Waals surface area contributed by atoms with Crippen LogP contribution in [0.2, 0.25) is 0 Å². The van der Waals surface area contributed by atoms with Crippen LogP contribution in [0.5, 0.6) is 0 Å². The first-order chi connectivity index (χ1) is 9.70. The molecule has 0 radical (unpaired) electrons. The number of rotatable bonds is 5. The second-order valence-electron chi connectivity index (χ2n) is 3.79. The summed E-state index contributed by atoms with van der Waals surface area (Å²) in [6.45, 7) is 0.106. The van der Waals surface area contributed by atoms with Gasteiger partial charge in [0.1, 0.15) is 18.1 Å². The number of carbonyl (C=O) groups excluding carboxylic acids is 2. The van der Waals surface area contributed by atoms with Crippen LogP contribution in [0.4, 0.5) is 5.82 Å². The molecule has 106 valence electrons. The predicted molar refractivity (Wildman–Crippen MR) is 66.6 cm³/mol. The van der Waals surface area contributed by atoms with Crippen molar-refractivity contribution in [2.24, 2.45) is 0 Å². The third-order valence-corrected chi connectivity index (χ3v) is 2.48. The summed E-state index contributed by atoms with van der Waals surface area (Å²) in [5.74, 6) is -0.918. The Labute approximate surface area is 114 Å². The van der Waals surface area contributed by atoms with E-state index in [9.17, 15) is 9.59 Å². The number of hydrogen-bond acceptors (Lipinski definition) is 6. The molecule has 0 fully saturated rings. The Morgan fingerprint density at radius 1 is 1.35 bits per heavy atom. The number of nitrogens with zero attached hydrogens (tertiary/aromatic N) is 1. The lowest BCUT2D eigenvalue weighted by molar-refractivity contribution is -0.136. The summed E-state index contributed by atoms with van der Waals surface area (Å²) in [6.07, 6.45) is 2.32. The Kier molecular flexibility index (Phi) is 4.51. The molecule has 0 saturated carbocycles. The quantitative estimate of drug-likeness (QED) is 0.781. The Hall–Kier alpha value is -2.61. The fraction of sp³-hybridized carbons (Fsp3) is 0.250. The highest BCUT2D eigenvalue weighted by atomic mass is 16.5. The Bertz CT molecular complexity index is 550. The average molecular weight is 279 g/mol. The van der Waals surface area contributed by atoms with Crippen molar-refractivity contribution in [2.45, 2.75) is 6.10 Å². The van der Waals surface area contributed by atoms with Crippen molar-refractivity contribution in [3.05, 3.63) is 36.5 Å². The van der Waals surface area contributed by atoms with Gasteiger partial charge in [-0.2, -0.15) is 0 Å². The van der Waals surface area contributed by atoms with Gasteiger partial charge in [0.25, 0.3) is 0 Å². The van der Waals surface area contributed by atoms with Gasteiger partial charge >= 0.3 is 11.8 Å². The maximum absolute atomic E-state index is 11.6. The molecule has 0 aromatic carbocycles. The van der Waals surface area contributed by atoms with Crippen molar-refractivity contribution in [3.8, 4) is 0 Å². The van der Waals surface area contributed by atoms with Gasteiger partial charge in [0.15, 0.2) is 5.82 Å². The second kappa shape index (κ2) is 6.53. The molecule has 8 nitrogen and oxygen atoms in total. The molecule has 0 saturated heterocycles. The normalized spacial score (nSPS) is 11.8. The van der Waals surface area contributed by atoms with E-state index in [-0.39, 0.29) is 12.4 Å². The largest absolute Gasteiger partial charge is 0.467 e. The molecule has 2 rings (SSSR count). The van der Waals surface area contributed by atoms with Crippen LogP contribution in [0.25, 0.3) is 0 Å². The van der Waals surface area contributed by atoms with E-state index in [2.05, 4.69) is 20.3 Å². The van der Waals surface area contributed by atoms with Gasteiger partial charge in [0.2, 0.25) is 0 Å². The van der Waals surface area contributed by atoms with Crippen LogP contribution in [-0.2, 0) is 14.3 Å². The smallest absolute Gasteiger partial charge is 0.314 e. The van der Waals surface area contributed by atoms with E-state index in [1.807, 2.05) is 0 Å². The van der Waals surface area contributed by atoms with Gasteiger partial charge < -0.3 is 19.0 Å². The number of nitrogens with one attached hydrogen (secondary N) is 2. The van der Waals surface area contributed by atoms with Crippen molar-refractivity contribution >= 4 is 17.6 Å². The molecule has 8 heteroatoms. The fourth-order valence-electron chi connectivity index (χ4n) is 1.49. The van der Waals surface area contributed by atoms with Crippen molar-refractivity contribution in [3.63, 3.8) is 0 Å². The highest BCUT2D eigenvalue weighted by Crippen LogP contribution is 2.15. The van der Waals surface area contributed by atoms with E-state index < -0.39 is 17.9 Å². The lowest BCUT2D eigenvalue weighted by atomic mass is 10.2. The summed E-state index contributed by atoms with van der Waals surface area (Å²) >= 11 is 0. The van der Waals surface area contributed by atoms with Crippen LogP contribution in [0.1, 0.15) is 11.9 Å². The van der Waals surface area contributed by atoms with Crippen LogP contribution in [0.3, 0.4) is 0 Å². The standard InChI is InChI=1S/C12H13N3O5/c1-18-9(8-3-2-5-19-8)7-13-11(16)12(17)14-10-4-6-20-15-10/h2-6,9H,7H2,1H3,(H,13,16)(H,14,15,17)/t9-/m0/s1. The van der Waals surface area contributed by atoms with Gasteiger partial charge in [-0.25, -0.2) is 0 Å². The molecular weight excluding hydrogens is 266 g/mol. The molecule has 2 aromatic rings. The van der Waals surface area contributed by atoms with E-state index in [0.717, 1.165) is 0 Å². The Morgan fingerprint density at radius 3 is 2.80 bits per heavy atom. The van der Waals surface area contributed by atoms with Crippen LogP contribution in [-0.4, -0.2) is 30.6 Å². The van der Waals surface area contributed by atoms with Gasteiger partial charge in [-0.3, -0.25) is 14.9 Å². The SMILES string of the molecule is CO[C@@H](CNC(=O)C(=O)Nc1ccon1)c1ccco1. The molecule has 2 aromatic heterocycles. The summed E-state index contributed by atoms with van der Waals surface area (Å²) in [6, 6.07) is 4.85. The molecule has 2 heterocycles. The van der Waals surface area contributed by atoms with Crippen molar-refractivity contribution in [1.29, 1.82) is 0 Å². The predicted octanol–water partition coefficient (Wildman–Crippen LogP) is 0.710. The molecular formula is C12H13N3O5. The van der Waals surface area contributed by atoms with Crippen LogP contribution >= 0.6 is 0 Å². The summed E-state index contributed by atoms with van der Waals surface area (Å²) in [5, 5.41) is 8.18. The molecule has 0 aliphatic heterocycles. The molecule has 0 unspecified atom stereocenters. The van der Waals surface area contributed by atoms with Gasteiger partial charge in [0.05, 0.1) is 12.8 Å². The fourth-order valence-corrected chi connectivity index (χ4v) is 1.49. The number of hydrogen-bond donors (Lipinski definition) is 2. The summed E-state index contributed by atoms with van der Waals surface area (Å²) in [7, 11) is 1.48. The van der Waals surface area contributed by atoms with E-state index in [4.69, 9.17) is 9.15 Å². The molecule has 0 bridgehead atoms. The van der Waals surface area contributed by atoms with Gasteiger partial charge in [0, 0.05) is 13.2 Å². The van der Waals surface area contributed by atoms with Crippen molar-refractivity contribution < 1.29 is 23.3 Å². The molecule has 20 heavy (non-hydrogen) atoms. The average Bonchev–Trinajstić information content (AvgIpc) is 3.12. The number of aromatic nitrogens is 1. The molecule has 0 spiro atoms. The van der Waals surface area contributed by atoms with Crippen molar-refractivity contribution in [2.75, 3.05) is 19.0 Å². The number of furan rings is 1. The molecule has 2 N–H and O–H groups in total. The van der Waals surface area contributed by atoms with Crippen LogP contribution in [0.15, 0.2) is 39.7 Å². The molecule has 0 aliphatic carbocycles. The second-order valence-corrected chi connectivity index (χ2v) is 3.79. The molecule has 1 atom stereocenters. The highest BCUT2D eigenvalue weighted by Gasteiger charge is 2.19. The Balaban J connectivity index is 1.83. The molecule has 2 amide bonds. The zero-order valence-corrected chi connectivity index (χ0v) is 10.7. The topological polar surface area (TPSA) is 107 Å². The maximum atomic E-state index is 11.6. The van der Waals surface area contributed by atoms with Crippen LogP contribution in [0, 0.1) is 0 Å². The zero-order valence-electron chi connectivity index (χ0n) is 10.7. The van der Waals surface area contributed by atoms with E-state index >= 15 is 0 Å². The number of anilines is 1. The number of ether oxygens (including phenoxy) is 1. The van der Waals surface area contributed by atoms with Gasteiger partial charge in [-0.1, -0.05) is 5.16 Å². The first-order valence-electron chi connectivity index (χ1n) is 5.76. The first kappa shape index (κ1) is 13.8. The number of amides is 2. The van der Waals surface area contributed by atoms with Crippen LogP contribution < -0.4 is 10.6 Å². The summed E-state index contributed by atoms with van der Waals surface area (Å²) < 4.78 is 14.9. The zero-order chi connectivity index (χ0) is 14.4. The maximum Gasteiger partial charge on any atom is 0.314 e. The summed E-state index contributed by atoms with van der Waals surface area (Å²) in [5.41, 5.74) is 0. The number of methoxy groups -OCH3 is 1. The lowest BCUT2D eigenvalue weighted by Crippen LogP contribution is -2.38. The minimum Gasteiger partial charge on any atom is -0.467 e. The lowest BCUT2D eigenvalue weighted by Gasteiger charge is -2.13. The molecule has 0 aliphatic rings. The minimum atomic E-state index is -0.840. The Morgan fingerprint density at radius 2 is 2.20 bits per heavy atom. The number of carbonyl (C=O) groups is 2. The monoisotopic (exact) mass is 279 g/mol. The minimum absolute atomic E-state index is 0.106.